The Labute approximate surface area is 174 Å². The smallest absolute Gasteiger partial charge is 0.0430 e. The average molecular weight is 509 g/mol. The van der Waals surface area contributed by atoms with Crippen LogP contribution in [0.1, 0.15) is 50.7 Å². The Kier molecular flexibility index (Phi) is 29.0. The molecule has 0 saturated heterocycles. The largest absolute Gasteiger partial charge is 0.396 e. The van der Waals surface area contributed by atoms with E-state index in [-0.39, 0.29) is 25.8 Å². The van der Waals surface area contributed by atoms with Crippen molar-refractivity contribution in [2.45, 2.75) is 39.5 Å². The van der Waals surface area contributed by atoms with Gasteiger partial charge in [0.15, 0.2) is 0 Å². The predicted octanol–water partition coefficient (Wildman–Crippen LogP) is 5.29. The van der Waals surface area contributed by atoms with E-state index in [1.54, 1.807) is 0 Å². The number of unbranched alkanes of at least 4 members (excludes halogenated alkanes) is 2. The van der Waals surface area contributed by atoms with Gasteiger partial charge in [0.2, 0.25) is 0 Å². The SMILES string of the molecule is CCCCO.CCCCO.[CH2-]c1ccccc1.[CH2-]c1ccccc1.[Hf]. The first kappa shape index (κ1) is 28.8. The maximum Gasteiger partial charge on any atom is 0.0430 e. The van der Waals surface area contributed by atoms with Gasteiger partial charge in [-0.2, -0.15) is 49.2 Å². The quantitative estimate of drug-likeness (QED) is 0.435. The van der Waals surface area contributed by atoms with Gasteiger partial charge in [-0.1, -0.05) is 38.8 Å². The van der Waals surface area contributed by atoms with E-state index in [0.717, 1.165) is 36.8 Å². The average Bonchev–Trinajstić information content (AvgIpc) is 2.59. The molecule has 2 nitrogen and oxygen atoms in total. The third-order valence-electron chi connectivity index (χ3n) is 2.71. The monoisotopic (exact) mass is 510 g/mol. The topological polar surface area (TPSA) is 40.5 Å². The minimum absolute atomic E-state index is 0. The molecule has 0 aliphatic heterocycles. The van der Waals surface area contributed by atoms with E-state index < -0.39 is 0 Å². The van der Waals surface area contributed by atoms with Gasteiger partial charge >= 0.3 is 0 Å². The van der Waals surface area contributed by atoms with Gasteiger partial charge in [-0.05, 0) is 12.8 Å². The molecule has 0 aliphatic carbocycles. The van der Waals surface area contributed by atoms with E-state index >= 15 is 0 Å². The van der Waals surface area contributed by atoms with Crippen molar-refractivity contribution in [2.75, 3.05) is 13.2 Å². The zero-order chi connectivity index (χ0) is 18.5. The zero-order valence-corrected chi connectivity index (χ0v) is 19.4. The summed E-state index contributed by atoms with van der Waals surface area (Å²) in [6.07, 6.45) is 4.08. The first-order valence-electron chi connectivity index (χ1n) is 8.58. The first-order chi connectivity index (χ1) is 11.6. The van der Waals surface area contributed by atoms with E-state index in [0.29, 0.717) is 13.2 Å². The molecule has 0 aromatic heterocycles. The molecule has 0 fully saturated rings. The van der Waals surface area contributed by atoms with Crippen LogP contribution in [0.5, 0.6) is 0 Å². The van der Waals surface area contributed by atoms with Crippen LogP contribution in [0.15, 0.2) is 60.7 Å². The van der Waals surface area contributed by atoms with Gasteiger partial charge in [0.05, 0.1) is 0 Å². The van der Waals surface area contributed by atoms with Gasteiger partial charge in [-0.25, -0.2) is 0 Å². The fourth-order valence-corrected chi connectivity index (χ4v) is 1.27. The maximum absolute atomic E-state index is 8.07. The van der Waals surface area contributed by atoms with Gasteiger partial charge in [0, 0.05) is 39.1 Å². The van der Waals surface area contributed by atoms with Gasteiger partial charge in [-0.3, -0.25) is 0 Å². The molecule has 140 valence electrons. The number of rotatable bonds is 4. The van der Waals surface area contributed by atoms with Crippen molar-refractivity contribution in [2.24, 2.45) is 0 Å². The number of aliphatic hydroxyl groups excluding tert-OH is 2. The molecule has 0 atom stereocenters. The second kappa shape index (κ2) is 25.2. The molecule has 0 saturated carbocycles. The summed E-state index contributed by atoms with van der Waals surface area (Å²) in [6.45, 7) is 12.2. The summed E-state index contributed by atoms with van der Waals surface area (Å²) in [5, 5.41) is 16.1. The van der Waals surface area contributed by atoms with Crippen LogP contribution in [0.25, 0.3) is 0 Å². The van der Waals surface area contributed by atoms with Crippen LogP contribution in [-0.4, -0.2) is 23.4 Å². The minimum atomic E-state index is 0. The predicted molar refractivity (Wildman–Crippen MR) is 106 cm³/mol. The van der Waals surface area contributed by atoms with Crippen LogP contribution in [0, 0.1) is 13.8 Å². The van der Waals surface area contributed by atoms with Crippen molar-refractivity contribution >= 4 is 0 Å². The molecule has 0 aliphatic rings. The van der Waals surface area contributed by atoms with Crippen molar-refractivity contribution < 1.29 is 36.1 Å². The molecule has 3 heteroatoms. The Morgan fingerprint density at radius 1 is 0.640 bits per heavy atom. The molecule has 25 heavy (non-hydrogen) atoms. The van der Waals surface area contributed by atoms with E-state index in [4.69, 9.17) is 10.2 Å². The maximum atomic E-state index is 8.07. The standard InChI is InChI=1S/2C7H7.2C4H10O.Hf/c2*1-7-5-3-2-4-6-7;2*1-2-3-4-5;/h2*2-6H,1H2;2*5H,2-4H2,1H3;/q2*-1;;;. The van der Waals surface area contributed by atoms with E-state index in [1.165, 1.54) is 0 Å². The molecule has 2 aromatic carbocycles. The molecule has 2 N–H and O–H groups in total. The van der Waals surface area contributed by atoms with Crippen LogP contribution in [0.4, 0.5) is 0 Å². The van der Waals surface area contributed by atoms with Gasteiger partial charge < -0.3 is 10.2 Å². The van der Waals surface area contributed by atoms with Crippen LogP contribution in [0.3, 0.4) is 0 Å². The summed E-state index contributed by atoms with van der Waals surface area (Å²) in [6, 6.07) is 19.7. The van der Waals surface area contributed by atoms with E-state index in [9.17, 15) is 0 Å². The third-order valence-corrected chi connectivity index (χ3v) is 2.71. The summed E-state index contributed by atoms with van der Waals surface area (Å²) in [5.41, 5.74) is 2.14. The molecule has 0 radical (unpaired) electrons. The number of hydrogen-bond acceptors (Lipinski definition) is 2. The number of aliphatic hydroxyl groups is 2. The van der Waals surface area contributed by atoms with Crippen molar-refractivity contribution in [3.63, 3.8) is 0 Å². The second-order valence-corrected chi connectivity index (χ2v) is 5.13. The Morgan fingerprint density at radius 3 is 1.00 bits per heavy atom. The van der Waals surface area contributed by atoms with Crippen LogP contribution in [0.2, 0.25) is 0 Å². The molecule has 0 unspecified atom stereocenters. The molecule has 0 bridgehead atoms. The molecular weight excluding hydrogens is 475 g/mol. The van der Waals surface area contributed by atoms with E-state index in [2.05, 4.69) is 27.7 Å². The number of hydrogen-bond donors (Lipinski definition) is 2. The Balaban J connectivity index is -0.000000259. The molecule has 2 aromatic rings. The zero-order valence-electron chi connectivity index (χ0n) is 15.8. The van der Waals surface area contributed by atoms with Crippen LogP contribution < -0.4 is 0 Å². The fourth-order valence-electron chi connectivity index (χ4n) is 1.27. The van der Waals surface area contributed by atoms with Gasteiger partial charge in [0.25, 0.3) is 0 Å². The summed E-state index contributed by atoms with van der Waals surface area (Å²) in [7, 11) is 0. The Hall–Kier alpha value is -1.03. The first-order valence-corrected chi connectivity index (χ1v) is 8.58. The van der Waals surface area contributed by atoms with Crippen LogP contribution >= 0.6 is 0 Å². The molecule has 0 amide bonds. The summed E-state index contributed by atoms with van der Waals surface area (Å²) in [5.74, 6) is 0. The summed E-state index contributed by atoms with van der Waals surface area (Å²) in [4.78, 5) is 0. The second-order valence-electron chi connectivity index (χ2n) is 5.13. The normalized spacial score (nSPS) is 8.16. The minimum Gasteiger partial charge on any atom is -0.396 e. The van der Waals surface area contributed by atoms with Crippen LogP contribution in [-0.2, 0) is 25.8 Å². The number of benzene rings is 2. The fraction of sp³-hybridized carbons (Fsp3) is 0.364. The molecule has 2 rings (SSSR count). The molecular formula is C22H34HfO2-2. The summed E-state index contributed by atoms with van der Waals surface area (Å²) >= 11 is 0. The summed E-state index contributed by atoms with van der Waals surface area (Å²) < 4.78 is 0. The Bertz CT molecular complexity index is 385. The van der Waals surface area contributed by atoms with Crippen molar-refractivity contribution in [3.05, 3.63) is 85.6 Å². The Morgan fingerprint density at radius 2 is 0.920 bits per heavy atom. The molecule has 0 spiro atoms. The van der Waals surface area contributed by atoms with Crippen molar-refractivity contribution in [1.82, 2.24) is 0 Å². The van der Waals surface area contributed by atoms with Crippen molar-refractivity contribution in [1.29, 1.82) is 0 Å². The van der Waals surface area contributed by atoms with Crippen molar-refractivity contribution in [3.8, 4) is 0 Å². The van der Waals surface area contributed by atoms with E-state index in [1.807, 2.05) is 60.7 Å². The molecule has 0 heterocycles. The third kappa shape index (κ3) is 28.1. The van der Waals surface area contributed by atoms with Gasteiger partial charge in [-0.15, -0.1) is 24.3 Å². The van der Waals surface area contributed by atoms with Gasteiger partial charge in [0.1, 0.15) is 0 Å².